The Morgan fingerprint density at radius 3 is 1.98 bits per heavy atom. The fourth-order valence-corrected chi connectivity index (χ4v) is 6.29. The minimum Gasteiger partial charge on any atom is -0.507 e. The van der Waals surface area contributed by atoms with Gasteiger partial charge in [0.2, 0.25) is 0 Å². The highest BCUT2D eigenvalue weighted by molar-refractivity contribution is 6.15. The summed E-state index contributed by atoms with van der Waals surface area (Å²) in [5.74, 6) is 1.85. The van der Waals surface area contributed by atoms with E-state index in [1.807, 2.05) is 19.1 Å². The zero-order chi connectivity index (χ0) is 29.2. The molecule has 216 valence electrons. The number of phenols is 2. The Balaban J connectivity index is 1.87. The average Bonchev–Trinajstić information content (AvgIpc) is 2.98. The van der Waals surface area contributed by atoms with E-state index in [0.717, 1.165) is 5.56 Å². The number of rotatable bonds is 5. The first-order valence-corrected chi connectivity index (χ1v) is 13.5. The van der Waals surface area contributed by atoms with Crippen LogP contribution in [0.3, 0.4) is 0 Å². The summed E-state index contributed by atoms with van der Waals surface area (Å²) >= 11 is 0. The van der Waals surface area contributed by atoms with Gasteiger partial charge in [0, 0.05) is 50.7 Å². The Bertz CT molecular complexity index is 1690. The van der Waals surface area contributed by atoms with Crippen LogP contribution in [-0.4, -0.2) is 56.0 Å². The first-order valence-electron chi connectivity index (χ1n) is 13.5. The van der Waals surface area contributed by atoms with E-state index in [1.165, 1.54) is 7.11 Å². The molecule has 0 aliphatic carbocycles. The predicted octanol–water partition coefficient (Wildman–Crippen LogP) is 5.52. The fraction of sp³-hybridized carbons (Fsp3) is 0.375. The zero-order valence-electron chi connectivity index (χ0n) is 24.0. The molecule has 0 fully saturated rings. The van der Waals surface area contributed by atoms with Crippen molar-refractivity contribution in [2.45, 2.75) is 51.8 Å². The van der Waals surface area contributed by atoms with E-state index in [2.05, 4.69) is 0 Å². The van der Waals surface area contributed by atoms with Crippen molar-refractivity contribution < 1.29 is 43.7 Å². The highest BCUT2D eigenvalue weighted by atomic mass is 16.5. The summed E-state index contributed by atoms with van der Waals surface area (Å²) in [5, 5.41) is 37.0. The van der Waals surface area contributed by atoms with E-state index < -0.39 is 12.2 Å². The molecular formula is C32H34O9. The number of aromatic hydroxyl groups is 2. The molecule has 0 spiro atoms. The zero-order valence-corrected chi connectivity index (χ0v) is 24.0. The first kappa shape index (κ1) is 27.3. The van der Waals surface area contributed by atoms with Crippen molar-refractivity contribution in [3.8, 4) is 45.6 Å². The SMILES string of the molecule is COc1cc(OC)c2c(O)c3c(c(-c4c(OC)cc(OC)c5c(O)c6c(cc45)C[C@@H](C)OC6)c2c1)[C@@H](O)[C@@H](C)OC3. The third-order valence-electron chi connectivity index (χ3n) is 8.38. The molecule has 0 unspecified atom stereocenters. The van der Waals surface area contributed by atoms with Gasteiger partial charge in [-0.15, -0.1) is 0 Å². The third-order valence-corrected chi connectivity index (χ3v) is 8.38. The molecule has 9 nitrogen and oxygen atoms in total. The van der Waals surface area contributed by atoms with Gasteiger partial charge >= 0.3 is 0 Å². The van der Waals surface area contributed by atoms with Crippen molar-refractivity contribution in [3.63, 3.8) is 0 Å². The molecule has 0 aromatic heterocycles. The first-order chi connectivity index (χ1) is 19.7. The second-order valence-electron chi connectivity index (χ2n) is 10.6. The molecule has 9 heteroatoms. The van der Waals surface area contributed by atoms with Gasteiger partial charge in [0.05, 0.1) is 64.6 Å². The van der Waals surface area contributed by atoms with Gasteiger partial charge in [0.25, 0.3) is 0 Å². The molecule has 4 aromatic rings. The predicted molar refractivity (Wildman–Crippen MR) is 154 cm³/mol. The van der Waals surface area contributed by atoms with Crippen LogP contribution in [0.15, 0.2) is 24.3 Å². The second kappa shape index (κ2) is 10.2. The lowest BCUT2D eigenvalue weighted by Crippen LogP contribution is -2.26. The molecule has 0 amide bonds. The van der Waals surface area contributed by atoms with Crippen molar-refractivity contribution in [1.29, 1.82) is 0 Å². The summed E-state index contributed by atoms with van der Waals surface area (Å²) in [4.78, 5) is 0. The number of benzene rings is 4. The van der Waals surface area contributed by atoms with Crippen LogP contribution in [0, 0.1) is 0 Å². The van der Waals surface area contributed by atoms with E-state index in [0.29, 0.717) is 78.8 Å². The minimum absolute atomic E-state index is 0.0223. The van der Waals surface area contributed by atoms with Gasteiger partial charge in [-0.2, -0.15) is 0 Å². The van der Waals surface area contributed by atoms with Crippen molar-refractivity contribution in [3.05, 3.63) is 46.5 Å². The number of aliphatic hydroxyl groups excluding tert-OH is 1. The van der Waals surface area contributed by atoms with Gasteiger partial charge in [-0.1, -0.05) is 0 Å². The summed E-state index contributed by atoms with van der Waals surface area (Å²) in [7, 11) is 6.19. The number of methoxy groups -OCH3 is 4. The smallest absolute Gasteiger partial charge is 0.134 e. The maximum Gasteiger partial charge on any atom is 0.134 e. The largest absolute Gasteiger partial charge is 0.507 e. The molecule has 6 rings (SSSR count). The molecule has 41 heavy (non-hydrogen) atoms. The Kier molecular flexibility index (Phi) is 6.76. The summed E-state index contributed by atoms with van der Waals surface area (Å²) in [5.41, 5.74) is 3.89. The topological polar surface area (TPSA) is 116 Å². The Hall–Kier alpha value is -3.92. The number of ether oxygens (including phenoxy) is 6. The Morgan fingerprint density at radius 1 is 0.707 bits per heavy atom. The van der Waals surface area contributed by atoms with Crippen molar-refractivity contribution >= 4 is 21.5 Å². The van der Waals surface area contributed by atoms with Crippen molar-refractivity contribution in [2.75, 3.05) is 28.4 Å². The molecule has 3 atom stereocenters. The van der Waals surface area contributed by atoms with Gasteiger partial charge in [-0.3, -0.25) is 0 Å². The Morgan fingerprint density at radius 2 is 1.32 bits per heavy atom. The van der Waals surface area contributed by atoms with Gasteiger partial charge in [0.1, 0.15) is 40.6 Å². The van der Waals surface area contributed by atoms with E-state index in [4.69, 9.17) is 28.4 Å². The van der Waals surface area contributed by atoms with Crippen LogP contribution in [0.2, 0.25) is 0 Å². The minimum atomic E-state index is -1.07. The number of hydrogen-bond donors (Lipinski definition) is 3. The van der Waals surface area contributed by atoms with E-state index in [9.17, 15) is 15.3 Å². The highest BCUT2D eigenvalue weighted by Gasteiger charge is 2.36. The molecule has 4 aromatic carbocycles. The van der Waals surface area contributed by atoms with Crippen LogP contribution in [-0.2, 0) is 29.1 Å². The monoisotopic (exact) mass is 562 g/mol. The Labute approximate surface area is 237 Å². The van der Waals surface area contributed by atoms with E-state index in [1.54, 1.807) is 40.4 Å². The molecule has 0 bridgehead atoms. The number of phenolic OH excluding ortho intramolecular Hbond substituents is 2. The molecule has 0 saturated heterocycles. The van der Waals surface area contributed by atoms with Crippen LogP contribution < -0.4 is 18.9 Å². The summed E-state index contributed by atoms with van der Waals surface area (Å²) in [6, 6.07) is 7.28. The summed E-state index contributed by atoms with van der Waals surface area (Å²) < 4.78 is 34.8. The van der Waals surface area contributed by atoms with Gasteiger partial charge in [0.15, 0.2) is 0 Å². The number of fused-ring (bicyclic) bond motifs is 4. The quantitative estimate of drug-likeness (QED) is 0.289. The van der Waals surface area contributed by atoms with Crippen LogP contribution in [0.5, 0.6) is 34.5 Å². The average molecular weight is 563 g/mol. The fourth-order valence-electron chi connectivity index (χ4n) is 6.29. The normalized spacial score (nSPS) is 20.0. The standard InChI is InChI=1S/C32H34O9/c1-14-7-16-8-18-25(23(38-5)11-24(39-6)26(18)31(34)20(16)12-40-14)28-19-9-17(36-3)10-22(37-4)27(19)32(35)21-13-41-15(2)30(33)29(21)28/h8-11,14-15,30,33-35H,7,12-13H2,1-6H3/t14-,15-,30+/m1/s1. The maximum absolute atomic E-state index is 11.6. The summed E-state index contributed by atoms with van der Waals surface area (Å²) in [6.45, 7) is 4.15. The highest BCUT2D eigenvalue weighted by Crippen LogP contribution is 2.55. The molecule has 2 aliphatic heterocycles. The summed E-state index contributed by atoms with van der Waals surface area (Å²) in [6.07, 6.45) is -1.02. The van der Waals surface area contributed by atoms with Gasteiger partial charge in [-0.05, 0) is 38.0 Å². The van der Waals surface area contributed by atoms with Crippen LogP contribution >= 0.6 is 0 Å². The lowest BCUT2D eigenvalue weighted by molar-refractivity contribution is -0.0527. The molecule has 2 aliphatic rings. The second-order valence-corrected chi connectivity index (χ2v) is 10.6. The molecule has 3 N–H and O–H groups in total. The lowest BCUT2D eigenvalue weighted by Gasteiger charge is -2.33. The van der Waals surface area contributed by atoms with Gasteiger partial charge in [-0.25, -0.2) is 0 Å². The molecule has 2 heterocycles. The molecule has 0 radical (unpaired) electrons. The van der Waals surface area contributed by atoms with Crippen LogP contribution in [0.4, 0.5) is 0 Å². The number of hydrogen-bond acceptors (Lipinski definition) is 9. The van der Waals surface area contributed by atoms with Crippen molar-refractivity contribution in [1.82, 2.24) is 0 Å². The third kappa shape index (κ3) is 4.02. The van der Waals surface area contributed by atoms with Gasteiger partial charge < -0.3 is 43.7 Å². The lowest BCUT2D eigenvalue weighted by atomic mass is 9.81. The van der Waals surface area contributed by atoms with E-state index >= 15 is 0 Å². The molecule has 0 saturated carbocycles. The van der Waals surface area contributed by atoms with Crippen LogP contribution in [0.25, 0.3) is 32.7 Å². The number of aliphatic hydroxyl groups is 1. The van der Waals surface area contributed by atoms with Crippen LogP contribution in [0.1, 0.15) is 42.2 Å². The maximum atomic E-state index is 11.6. The van der Waals surface area contributed by atoms with Crippen molar-refractivity contribution in [2.24, 2.45) is 0 Å². The van der Waals surface area contributed by atoms with E-state index in [-0.39, 0.29) is 30.8 Å². The molecular weight excluding hydrogens is 528 g/mol.